The standard InChI is InChI=1S/C18H20N4O3/c1-19-18(24)12-3-2-4-15(8-12)25-11-17(23)22-14-7-13-9-20-6-5-16(13)21-10-14/h2-4,7-8,10,20H,5-6,9,11H2,1H3,(H,19,24)(H,22,23). The molecule has 2 aromatic rings. The van der Waals surface area contributed by atoms with E-state index in [1.54, 1.807) is 37.5 Å². The van der Waals surface area contributed by atoms with Crippen LogP contribution >= 0.6 is 0 Å². The summed E-state index contributed by atoms with van der Waals surface area (Å²) in [6, 6.07) is 8.61. The third-order valence-electron chi connectivity index (χ3n) is 3.89. The van der Waals surface area contributed by atoms with Gasteiger partial charge in [0.15, 0.2) is 6.61 Å². The number of anilines is 1. The minimum atomic E-state index is -0.282. The van der Waals surface area contributed by atoms with Crippen molar-refractivity contribution in [1.29, 1.82) is 0 Å². The van der Waals surface area contributed by atoms with Gasteiger partial charge in [0.1, 0.15) is 5.75 Å². The molecule has 7 heteroatoms. The third-order valence-corrected chi connectivity index (χ3v) is 3.89. The van der Waals surface area contributed by atoms with Crippen molar-refractivity contribution in [1.82, 2.24) is 15.6 Å². The van der Waals surface area contributed by atoms with Crippen LogP contribution < -0.4 is 20.7 Å². The Morgan fingerprint density at radius 1 is 1.32 bits per heavy atom. The predicted molar refractivity (Wildman–Crippen MR) is 93.6 cm³/mol. The highest BCUT2D eigenvalue weighted by atomic mass is 16.5. The normalized spacial score (nSPS) is 12.8. The molecule has 0 saturated carbocycles. The molecule has 0 atom stereocenters. The first-order chi connectivity index (χ1) is 12.2. The quantitative estimate of drug-likeness (QED) is 0.758. The van der Waals surface area contributed by atoms with Gasteiger partial charge in [-0.2, -0.15) is 0 Å². The Morgan fingerprint density at radius 2 is 2.20 bits per heavy atom. The fraction of sp³-hybridized carbons (Fsp3) is 0.278. The smallest absolute Gasteiger partial charge is 0.262 e. The van der Waals surface area contributed by atoms with Gasteiger partial charge in [-0.1, -0.05) is 6.07 Å². The highest BCUT2D eigenvalue weighted by molar-refractivity contribution is 5.94. The number of amides is 2. The van der Waals surface area contributed by atoms with E-state index in [0.717, 1.165) is 30.8 Å². The number of rotatable bonds is 5. The van der Waals surface area contributed by atoms with Crippen LogP contribution in [-0.2, 0) is 17.8 Å². The lowest BCUT2D eigenvalue weighted by molar-refractivity contribution is -0.118. The second-order valence-electron chi connectivity index (χ2n) is 5.70. The summed E-state index contributed by atoms with van der Waals surface area (Å²) in [5.74, 6) is -0.0245. The number of fused-ring (bicyclic) bond motifs is 1. The van der Waals surface area contributed by atoms with Crippen LogP contribution in [0.3, 0.4) is 0 Å². The van der Waals surface area contributed by atoms with Gasteiger partial charge in [-0.25, -0.2) is 0 Å². The molecular formula is C18H20N4O3. The maximum Gasteiger partial charge on any atom is 0.262 e. The molecule has 1 aromatic carbocycles. The van der Waals surface area contributed by atoms with Crippen LogP contribution in [0.4, 0.5) is 5.69 Å². The van der Waals surface area contributed by atoms with Crippen LogP contribution in [0.25, 0.3) is 0 Å². The minimum Gasteiger partial charge on any atom is -0.484 e. The van der Waals surface area contributed by atoms with Crippen molar-refractivity contribution < 1.29 is 14.3 Å². The van der Waals surface area contributed by atoms with Gasteiger partial charge in [0.2, 0.25) is 0 Å². The van der Waals surface area contributed by atoms with E-state index in [2.05, 4.69) is 20.9 Å². The summed E-state index contributed by atoms with van der Waals surface area (Å²) in [6.45, 7) is 1.54. The second-order valence-corrected chi connectivity index (χ2v) is 5.70. The van der Waals surface area contributed by atoms with Crippen LogP contribution in [0.15, 0.2) is 36.5 Å². The Labute approximate surface area is 145 Å². The third kappa shape index (κ3) is 4.33. The maximum absolute atomic E-state index is 12.1. The van der Waals surface area contributed by atoms with Crippen molar-refractivity contribution in [3.8, 4) is 5.75 Å². The number of carbonyl (C=O) groups excluding carboxylic acids is 2. The number of pyridine rings is 1. The Bertz CT molecular complexity index is 792. The molecule has 0 saturated heterocycles. The van der Waals surface area contributed by atoms with E-state index in [1.165, 1.54) is 0 Å². The van der Waals surface area contributed by atoms with E-state index in [-0.39, 0.29) is 18.4 Å². The van der Waals surface area contributed by atoms with Gasteiger partial charge in [0.25, 0.3) is 11.8 Å². The largest absolute Gasteiger partial charge is 0.484 e. The number of ether oxygens (including phenoxy) is 1. The van der Waals surface area contributed by atoms with Crippen LogP contribution in [0, 0.1) is 0 Å². The average molecular weight is 340 g/mol. The van der Waals surface area contributed by atoms with Crippen LogP contribution in [-0.4, -0.2) is 37.0 Å². The van der Waals surface area contributed by atoms with Gasteiger partial charge >= 0.3 is 0 Å². The van der Waals surface area contributed by atoms with E-state index in [1.807, 2.05) is 6.07 Å². The van der Waals surface area contributed by atoms with E-state index in [0.29, 0.717) is 17.0 Å². The van der Waals surface area contributed by atoms with Crippen LogP contribution in [0.2, 0.25) is 0 Å². The van der Waals surface area contributed by atoms with Crippen molar-refractivity contribution in [3.05, 3.63) is 53.3 Å². The first kappa shape index (κ1) is 16.9. The molecule has 1 aromatic heterocycles. The van der Waals surface area contributed by atoms with Gasteiger partial charge in [0.05, 0.1) is 11.9 Å². The lowest BCUT2D eigenvalue weighted by atomic mass is 10.1. The first-order valence-corrected chi connectivity index (χ1v) is 8.09. The summed E-state index contributed by atoms with van der Waals surface area (Å²) >= 11 is 0. The zero-order valence-corrected chi connectivity index (χ0v) is 14.0. The summed E-state index contributed by atoms with van der Waals surface area (Å²) in [5.41, 5.74) is 3.30. The molecule has 0 aliphatic carbocycles. The number of nitrogens with one attached hydrogen (secondary N) is 3. The van der Waals surface area contributed by atoms with E-state index in [9.17, 15) is 9.59 Å². The molecule has 7 nitrogen and oxygen atoms in total. The molecule has 2 heterocycles. The lowest BCUT2D eigenvalue weighted by Gasteiger charge is -2.17. The summed E-state index contributed by atoms with van der Waals surface area (Å²) < 4.78 is 5.46. The lowest BCUT2D eigenvalue weighted by Crippen LogP contribution is -2.25. The van der Waals surface area contributed by atoms with E-state index < -0.39 is 0 Å². The molecule has 0 radical (unpaired) electrons. The Morgan fingerprint density at radius 3 is 3.04 bits per heavy atom. The van der Waals surface area contributed by atoms with Crippen molar-refractivity contribution in [2.45, 2.75) is 13.0 Å². The summed E-state index contributed by atoms with van der Waals surface area (Å²) in [5, 5.41) is 8.60. The molecule has 25 heavy (non-hydrogen) atoms. The Kier molecular flexibility index (Phi) is 5.25. The number of benzene rings is 1. The molecule has 1 aliphatic rings. The zero-order valence-electron chi connectivity index (χ0n) is 14.0. The molecule has 130 valence electrons. The van der Waals surface area contributed by atoms with Crippen molar-refractivity contribution in [2.24, 2.45) is 0 Å². The number of hydrogen-bond acceptors (Lipinski definition) is 5. The minimum absolute atomic E-state index is 0.146. The molecule has 3 N–H and O–H groups in total. The van der Waals surface area contributed by atoms with Crippen LogP contribution in [0.1, 0.15) is 21.6 Å². The summed E-state index contributed by atoms with van der Waals surface area (Å²) in [4.78, 5) is 28.1. The highest BCUT2D eigenvalue weighted by Crippen LogP contribution is 2.17. The predicted octanol–water partition coefficient (Wildman–Crippen LogP) is 1.10. The maximum atomic E-state index is 12.1. The molecule has 1 aliphatic heterocycles. The Hall–Kier alpha value is -2.93. The highest BCUT2D eigenvalue weighted by Gasteiger charge is 2.12. The van der Waals surface area contributed by atoms with Gasteiger partial charge in [-0.3, -0.25) is 14.6 Å². The monoisotopic (exact) mass is 340 g/mol. The molecule has 0 bridgehead atoms. The SMILES string of the molecule is CNC(=O)c1cccc(OCC(=O)Nc2cnc3c(c2)CNCC3)c1. The molecule has 0 unspecified atom stereocenters. The molecule has 0 fully saturated rings. The van der Waals surface area contributed by atoms with Crippen LogP contribution in [0.5, 0.6) is 5.75 Å². The number of nitrogens with zero attached hydrogens (tertiary/aromatic N) is 1. The number of carbonyl (C=O) groups is 2. The van der Waals surface area contributed by atoms with Crippen molar-refractivity contribution in [2.75, 3.05) is 25.5 Å². The molecule has 2 amide bonds. The topological polar surface area (TPSA) is 92.3 Å². The van der Waals surface area contributed by atoms with Crippen molar-refractivity contribution in [3.63, 3.8) is 0 Å². The molecule has 3 rings (SSSR count). The second kappa shape index (κ2) is 7.76. The molecule has 0 spiro atoms. The number of aromatic nitrogens is 1. The number of hydrogen-bond donors (Lipinski definition) is 3. The average Bonchev–Trinajstić information content (AvgIpc) is 2.66. The first-order valence-electron chi connectivity index (χ1n) is 8.09. The summed E-state index contributed by atoms with van der Waals surface area (Å²) in [6.07, 6.45) is 2.56. The zero-order chi connectivity index (χ0) is 17.6. The van der Waals surface area contributed by atoms with Crippen molar-refractivity contribution >= 4 is 17.5 Å². The fourth-order valence-electron chi connectivity index (χ4n) is 2.63. The van der Waals surface area contributed by atoms with Gasteiger partial charge in [0, 0.05) is 37.8 Å². The fourth-order valence-corrected chi connectivity index (χ4v) is 2.63. The van der Waals surface area contributed by atoms with E-state index >= 15 is 0 Å². The van der Waals surface area contributed by atoms with Gasteiger partial charge in [-0.15, -0.1) is 0 Å². The Balaban J connectivity index is 1.57. The van der Waals surface area contributed by atoms with Gasteiger partial charge < -0.3 is 20.7 Å². The molecular weight excluding hydrogens is 320 g/mol. The van der Waals surface area contributed by atoms with Gasteiger partial charge in [-0.05, 0) is 29.8 Å². The van der Waals surface area contributed by atoms with E-state index in [4.69, 9.17) is 4.74 Å². The summed E-state index contributed by atoms with van der Waals surface area (Å²) in [7, 11) is 1.56.